The van der Waals surface area contributed by atoms with Gasteiger partial charge in [0.15, 0.2) is 0 Å². The molecule has 0 aliphatic rings. The van der Waals surface area contributed by atoms with Gasteiger partial charge in [0, 0.05) is 6.54 Å². The number of rotatable bonds is 4. The highest BCUT2D eigenvalue weighted by molar-refractivity contribution is 5.67. The second kappa shape index (κ2) is 6.40. The van der Waals surface area contributed by atoms with Crippen LogP contribution in [0.15, 0.2) is 42.5 Å². The molecule has 2 rings (SSSR count). The third-order valence-corrected chi connectivity index (χ3v) is 3.70. The van der Waals surface area contributed by atoms with E-state index in [2.05, 4.69) is 57.3 Å². The summed E-state index contributed by atoms with van der Waals surface area (Å²) in [4.78, 5) is 0. The van der Waals surface area contributed by atoms with Crippen molar-refractivity contribution in [3.05, 3.63) is 59.4 Å². The minimum atomic E-state index is -0.190. The fourth-order valence-corrected chi connectivity index (χ4v) is 2.38. The molecule has 0 radical (unpaired) electrons. The molecule has 0 heterocycles. The molecule has 0 atom stereocenters. The van der Waals surface area contributed by atoms with Gasteiger partial charge < -0.3 is 5.32 Å². The van der Waals surface area contributed by atoms with Crippen LogP contribution in [-0.2, 0) is 12.0 Å². The van der Waals surface area contributed by atoms with Crippen LogP contribution in [0.5, 0.6) is 0 Å². The molecule has 0 amide bonds. The summed E-state index contributed by atoms with van der Waals surface area (Å²) in [5, 5.41) is 3.31. The van der Waals surface area contributed by atoms with Crippen molar-refractivity contribution in [2.24, 2.45) is 0 Å². The monoisotopic (exact) mass is 285 g/mol. The Hall–Kier alpha value is -1.67. The van der Waals surface area contributed by atoms with Crippen LogP contribution in [0.4, 0.5) is 4.39 Å². The first-order valence-electron chi connectivity index (χ1n) is 7.52. The van der Waals surface area contributed by atoms with Gasteiger partial charge in [0.1, 0.15) is 5.82 Å². The molecule has 2 aromatic rings. The summed E-state index contributed by atoms with van der Waals surface area (Å²) in [6, 6.07) is 13.5. The Morgan fingerprint density at radius 1 is 1.00 bits per heavy atom. The lowest BCUT2D eigenvalue weighted by atomic mass is 9.86. The lowest BCUT2D eigenvalue weighted by Gasteiger charge is -2.19. The van der Waals surface area contributed by atoms with Crippen molar-refractivity contribution in [1.29, 1.82) is 0 Å². The number of hydrogen-bond acceptors (Lipinski definition) is 1. The highest BCUT2D eigenvalue weighted by atomic mass is 19.1. The summed E-state index contributed by atoms with van der Waals surface area (Å²) in [5.41, 5.74) is 4.58. The molecule has 0 aliphatic carbocycles. The lowest BCUT2D eigenvalue weighted by molar-refractivity contribution is 0.590. The zero-order chi connectivity index (χ0) is 15.5. The molecule has 0 unspecified atom stereocenters. The van der Waals surface area contributed by atoms with Gasteiger partial charge in [0.2, 0.25) is 0 Å². The first-order valence-corrected chi connectivity index (χ1v) is 7.52. The van der Waals surface area contributed by atoms with Gasteiger partial charge in [0.25, 0.3) is 0 Å². The number of halogens is 1. The van der Waals surface area contributed by atoms with Gasteiger partial charge in [-0.1, -0.05) is 58.0 Å². The zero-order valence-corrected chi connectivity index (χ0v) is 13.3. The van der Waals surface area contributed by atoms with E-state index in [4.69, 9.17) is 0 Å². The molecule has 1 N–H and O–H groups in total. The van der Waals surface area contributed by atoms with E-state index in [0.717, 1.165) is 29.8 Å². The fourth-order valence-electron chi connectivity index (χ4n) is 2.38. The Kier molecular flexibility index (Phi) is 4.79. The molecule has 1 nitrogen and oxygen atoms in total. The minimum absolute atomic E-state index is 0.132. The molecule has 21 heavy (non-hydrogen) atoms. The Balaban J connectivity index is 2.38. The van der Waals surface area contributed by atoms with Crippen LogP contribution >= 0.6 is 0 Å². The lowest BCUT2D eigenvalue weighted by Crippen LogP contribution is -2.13. The van der Waals surface area contributed by atoms with Gasteiger partial charge >= 0.3 is 0 Å². The van der Waals surface area contributed by atoms with Crippen molar-refractivity contribution in [2.75, 3.05) is 6.54 Å². The average Bonchev–Trinajstić information content (AvgIpc) is 2.45. The Bertz CT molecular complexity index is 594. The minimum Gasteiger partial charge on any atom is -0.313 e. The number of benzene rings is 2. The van der Waals surface area contributed by atoms with Crippen LogP contribution in [0, 0.1) is 5.82 Å². The van der Waals surface area contributed by atoms with Crippen LogP contribution in [0.25, 0.3) is 11.1 Å². The van der Waals surface area contributed by atoms with E-state index in [-0.39, 0.29) is 11.2 Å². The Labute approximate surface area is 127 Å². The maximum atomic E-state index is 13.6. The highest BCUT2D eigenvalue weighted by Crippen LogP contribution is 2.28. The van der Waals surface area contributed by atoms with Crippen molar-refractivity contribution in [3.63, 3.8) is 0 Å². The van der Waals surface area contributed by atoms with Crippen molar-refractivity contribution in [3.8, 4) is 11.1 Å². The Morgan fingerprint density at radius 3 is 2.24 bits per heavy atom. The standard InChI is InChI=1S/C19H24FN/c1-5-21-13-15-8-11-17(20)12-18(15)14-6-9-16(10-7-14)19(2,3)4/h6-12,21H,5,13H2,1-4H3. The second-order valence-corrected chi connectivity index (χ2v) is 6.41. The molecule has 0 bridgehead atoms. The average molecular weight is 285 g/mol. The number of hydrogen-bond donors (Lipinski definition) is 1. The van der Waals surface area contributed by atoms with Crippen molar-refractivity contribution in [2.45, 2.75) is 39.7 Å². The molecule has 0 aromatic heterocycles. The van der Waals surface area contributed by atoms with Crippen molar-refractivity contribution >= 4 is 0 Å². The molecular formula is C19H24FN. The summed E-state index contributed by atoms with van der Waals surface area (Å²) in [7, 11) is 0. The van der Waals surface area contributed by atoms with Crippen LogP contribution < -0.4 is 5.32 Å². The molecule has 0 fully saturated rings. The molecule has 2 heteroatoms. The van der Waals surface area contributed by atoms with Crippen molar-refractivity contribution in [1.82, 2.24) is 5.32 Å². The second-order valence-electron chi connectivity index (χ2n) is 6.41. The van der Waals surface area contributed by atoms with Crippen LogP contribution in [0.3, 0.4) is 0 Å². The molecule has 112 valence electrons. The SMILES string of the molecule is CCNCc1ccc(F)cc1-c1ccc(C(C)(C)C)cc1. The molecular weight excluding hydrogens is 261 g/mol. The van der Waals surface area contributed by atoms with E-state index in [1.807, 2.05) is 6.07 Å². The van der Waals surface area contributed by atoms with Crippen LogP contribution in [-0.4, -0.2) is 6.54 Å². The fraction of sp³-hybridized carbons (Fsp3) is 0.368. The van der Waals surface area contributed by atoms with Gasteiger partial charge in [0.05, 0.1) is 0 Å². The maximum Gasteiger partial charge on any atom is 0.123 e. The summed E-state index contributed by atoms with van der Waals surface area (Å²) in [6.45, 7) is 10.3. The predicted molar refractivity (Wildman–Crippen MR) is 87.9 cm³/mol. The van der Waals surface area contributed by atoms with Gasteiger partial charge in [-0.15, -0.1) is 0 Å². The zero-order valence-electron chi connectivity index (χ0n) is 13.3. The molecule has 0 spiro atoms. The maximum absolute atomic E-state index is 13.6. The largest absolute Gasteiger partial charge is 0.313 e. The van der Waals surface area contributed by atoms with Gasteiger partial charge in [-0.25, -0.2) is 4.39 Å². The first-order chi connectivity index (χ1) is 9.91. The quantitative estimate of drug-likeness (QED) is 0.842. The molecule has 2 aromatic carbocycles. The van der Waals surface area contributed by atoms with E-state index in [1.165, 1.54) is 11.6 Å². The van der Waals surface area contributed by atoms with E-state index >= 15 is 0 Å². The normalized spacial score (nSPS) is 11.7. The first kappa shape index (κ1) is 15.7. The van der Waals surface area contributed by atoms with Gasteiger partial charge in [-0.2, -0.15) is 0 Å². The highest BCUT2D eigenvalue weighted by Gasteiger charge is 2.14. The van der Waals surface area contributed by atoms with E-state index in [1.54, 1.807) is 6.07 Å². The van der Waals surface area contributed by atoms with E-state index < -0.39 is 0 Å². The summed E-state index contributed by atoms with van der Waals surface area (Å²) < 4.78 is 13.6. The van der Waals surface area contributed by atoms with Crippen molar-refractivity contribution < 1.29 is 4.39 Å². The summed E-state index contributed by atoms with van der Waals surface area (Å²) in [5.74, 6) is -0.190. The van der Waals surface area contributed by atoms with Crippen LogP contribution in [0.2, 0.25) is 0 Å². The van der Waals surface area contributed by atoms with Gasteiger partial charge in [-0.05, 0) is 46.3 Å². The van der Waals surface area contributed by atoms with E-state index in [0.29, 0.717) is 0 Å². The molecule has 0 saturated heterocycles. The van der Waals surface area contributed by atoms with Crippen LogP contribution in [0.1, 0.15) is 38.8 Å². The smallest absolute Gasteiger partial charge is 0.123 e. The van der Waals surface area contributed by atoms with Gasteiger partial charge in [-0.3, -0.25) is 0 Å². The summed E-state index contributed by atoms with van der Waals surface area (Å²) >= 11 is 0. The molecule has 0 aliphatic heterocycles. The Morgan fingerprint density at radius 2 is 1.67 bits per heavy atom. The molecule has 0 saturated carbocycles. The third kappa shape index (κ3) is 3.92. The number of nitrogens with one attached hydrogen (secondary N) is 1. The predicted octanol–water partition coefficient (Wildman–Crippen LogP) is 4.90. The summed E-state index contributed by atoms with van der Waals surface area (Å²) in [6.07, 6.45) is 0. The topological polar surface area (TPSA) is 12.0 Å². The third-order valence-electron chi connectivity index (χ3n) is 3.70. The van der Waals surface area contributed by atoms with E-state index in [9.17, 15) is 4.39 Å².